The molecule has 1 amide bonds. The van der Waals surface area contributed by atoms with Gasteiger partial charge in [-0.3, -0.25) is 4.79 Å². The molecule has 1 heterocycles. The SMILES string of the molecule is O=C(/C=C/c1ccccc1)NCCc1nc2ccccc2n1CCCCOc1ccc(Cl)cc1. The van der Waals surface area contributed by atoms with E-state index in [-0.39, 0.29) is 5.91 Å². The Morgan fingerprint density at radius 2 is 1.74 bits per heavy atom. The molecule has 0 aliphatic carbocycles. The Bertz CT molecular complexity index is 1230. The number of amides is 1. The summed E-state index contributed by atoms with van der Waals surface area (Å²) in [7, 11) is 0. The Kier molecular flexibility index (Phi) is 8.36. The molecular formula is C28H28ClN3O2. The second kappa shape index (κ2) is 12.1. The smallest absolute Gasteiger partial charge is 0.244 e. The molecule has 0 atom stereocenters. The normalized spacial score (nSPS) is 11.2. The minimum atomic E-state index is -0.106. The number of imidazole rings is 1. The Morgan fingerprint density at radius 1 is 0.971 bits per heavy atom. The van der Waals surface area contributed by atoms with E-state index in [9.17, 15) is 4.79 Å². The van der Waals surface area contributed by atoms with Crippen LogP contribution in [0.5, 0.6) is 5.75 Å². The maximum Gasteiger partial charge on any atom is 0.244 e. The van der Waals surface area contributed by atoms with Crippen molar-refractivity contribution in [3.8, 4) is 5.75 Å². The Morgan fingerprint density at radius 3 is 2.56 bits per heavy atom. The van der Waals surface area contributed by atoms with Crippen LogP contribution in [0.4, 0.5) is 0 Å². The van der Waals surface area contributed by atoms with Crippen molar-refractivity contribution < 1.29 is 9.53 Å². The molecule has 4 aromatic rings. The third-order valence-electron chi connectivity index (χ3n) is 5.47. The number of unbranched alkanes of at least 4 members (excludes halogenated alkanes) is 1. The Labute approximate surface area is 205 Å². The number of carbonyl (C=O) groups excluding carboxylic acids is 1. The zero-order chi connectivity index (χ0) is 23.6. The van der Waals surface area contributed by atoms with Crippen molar-refractivity contribution in [2.45, 2.75) is 25.8 Å². The van der Waals surface area contributed by atoms with Gasteiger partial charge in [0.05, 0.1) is 17.6 Å². The van der Waals surface area contributed by atoms with Gasteiger partial charge in [-0.1, -0.05) is 54.1 Å². The molecule has 0 radical (unpaired) electrons. The number of hydrogen-bond acceptors (Lipinski definition) is 3. The summed E-state index contributed by atoms with van der Waals surface area (Å²) < 4.78 is 8.06. The molecule has 3 aromatic carbocycles. The van der Waals surface area contributed by atoms with Crippen LogP contribution in [0.25, 0.3) is 17.1 Å². The lowest BCUT2D eigenvalue weighted by Crippen LogP contribution is -2.24. The van der Waals surface area contributed by atoms with Crippen LogP contribution < -0.4 is 10.1 Å². The predicted molar refractivity (Wildman–Crippen MR) is 138 cm³/mol. The summed E-state index contributed by atoms with van der Waals surface area (Å²) in [4.78, 5) is 17.0. The first kappa shape index (κ1) is 23.6. The van der Waals surface area contributed by atoms with Crippen LogP contribution in [-0.4, -0.2) is 28.6 Å². The highest BCUT2D eigenvalue weighted by atomic mass is 35.5. The van der Waals surface area contributed by atoms with E-state index in [4.69, 9.17) is 21.3 Å². The minimum absolute atomic E-state index is 0.106. The highest BCUT2D eigenvalue weighted by Gasteiger charge is 2.10. The van der Waals surface area contributed by atoms with Crippen molar-refractivity contribution in [2.24, 2.45) is 0 Å². The van der Waals surface area contributed by atoms with Crippen LogP contribution >= 0.6 is 11.6 Å². The monoisotopic (exact) mass is 473 g/mol. The average molecular weight is 474 g/mol. The average Bonchev–Trinajstić information content (AvgIpc) is 3.21. The second-order valence-corrected chi connectivity index (χ2v) is 8.40. The molecule has 34 heavy (non-hydrogen) atoms. The van der Waals surface area contributed by atoms with E-state index >= 15 is 0 Å². The van der Waals surface area contributed by atoms with E-state index < -0.39 is 0 Å². The first-order valence-electron chi connectivity index (χ1n) is 11.5. The van der Waals surface area contributed by atoms with Crippen molar-refractivity contribution >= 4 is 34.6 Å². The number of nitrogens with zero attached hydrogens (tertiary/aromatic N) is 2. The van der Waals surface area contributed by atoms with E-state index in [1.165, 1.54) is 0 Å². The molecule has 0 fully saturated rings. The lowest BCUT2D eigenvalue weighted by atomic mass is 10.2. The standard InChI is InChI=1S/C28H28ClN3O2/c29-23-13-15-24(16-14-23)34-21-7-6-20-32-26-11-5-4-10-25(26)31-27(32)18-19-30-28(33)17-12-22-8-2-1-3-9-22/h1-5,8-17H,6-7,18-21H2,(H,30,33)/b17-12+. The third-order valence-corrected chi connectivity index (χ3v) is 5.72. The fourth-order valence-corrected chi connectivity index (χ4v) is 3.88. The van der Waals surface area contributed by atoms with Gasteiger partial charge in [0.15, 0.2) is 0 Å². The number of carbonyl (C=O) groups is 1. The van der Waals surface area contributed by atoms with Crippen LogP contribution in [0.2, 0.25) is 5.02 Å². The molecule has 0 bridgehead atoms. The number of para-hydroxylation sites is 2. The highest BCUT2D eigenvalue weighted by molar-refractivity contribution is 6.30. The summed E-state index contributed by atoms with van der Waals surface area (Å²) in [5, 5.41) is 3.67. The van der Waals surface area contributed by atoms with Crippen LogP contribution in [0.15, 0.2) is 84.9 Å². The molecule has 0 unspecified atom stereocenters. The Hall–Kier alpha value is -3.57. The first-order chi connectivity index (χ1) is 16.7. The number of hydrogen-bond donors (Lipinski definition) is 1. The number of fused-ring (bicyclic) bond motifs is 1. The number of ether oxygens (including phenoxy) is 1. The zero-order valence-corrected chi connectivity index (χ0v) is 19.7. The van der Waals surface area contributed by atoms with Gasteiger partial charge in [0.2, 0.25) is 5.91 Å². The maximum atomic E-state index is 12.2. The summed E-state index contributed by atoms with van der Waals surface area (Å²) in [6.07, 6.45) is 5.94. The zero-order valence-electron chi connectivity index (χ0n) is 19.0. The molecule has 174 valence electrons. The fraction of sp³-hybridized carbons (Fsp3) is 0.214. The summed E-state index contributed by atoms with van der Waals surface area (Å²) >= 11 is 5.92. The number of nitrogens with one attached hydrogen (secondary N) is 1. The lowest BCUT2D eigenvalue weighted by molar-refractivity contribution is -0.116. The molecule has 0 spiro atoms. The van der Waals surface area contributed by atoms with Crippen molar-refractivity contribution in [1.29, 1.82) is 0 Å². The third kappa shape index (κ3) is 6.72. The van der Waals surface area contributed by atoms with Crippen molar-refractivity contribution in [3.63, 3.8) is 0 Å². The van der Waals surface area contributed by atoms with Crippen molar-refractivity contribution in [1.82, 2.24) is 14.9 Å². The van der Waals surface area contributed by atoms with Crippen LogP contribution in [0.1, 0.15) is 24.2 Å². The quantitative estimate of drug-likeness (QED) is 0.217. The molecule has 6 heteroatoms. The van der Waals surface area contributed by atoms with E-state index in [1.807, 2.05) is 78.9 Å². The molecule has 1 aromatic heterocycles. The second-order valence-electron chi connectivity index (χ2n) is 7.96. The maximum absolute atomic E-state index is 12.2. The summed E-state index contributed by atoms with van der Waals surface area (Å²) in [5.41, 5.74) is 3.09. The highest BCUT2D eigenvalue weighted by Crippen LogP contribution is 2.18. The number of rotatable bonds is 11. The Balaban J connectivity index is 1.29. The molecular weight excluding hydrogens is 446 g/mol. The van der Waals surface area contributed by atoms with Crippen LogP contribution in [0.3, 0.4) is 0 Å². The van der Waals surface area contributed by atoms with E-state index in [0.717, 1.165) is 47.6 Å². The summed E-state index contributed by atoms with van der Waals surface area (Å²) in [6, 6.07) is 25.4. The topological polar surface area (TPSA) is 56.2 Å². The number of halogens is 1. The summed E-state index contributed by atoms with van der Waals surface area (Å²) in [6.45, 7) is 2.02. The van der Waals surface area contributed by atoms with Gasteiger partial charge in [0.25, 0.3) is 0 Å². The summed E-state index contributed by atoms with van der Waals surface area (Å²) in [5.74, 6) is 1.70. The van der Waals surface area contributed by atoms with Crippen LogP contribution in [0, 0.1) is 0 Å². The van der Waals surface area contributed by atoms with Crippen molar-refractivity contribution in [3.05, 3.63) is 101 Å². The van der Waals surface area contributed by atoms with Crippen molar-refractivity contribution in [2.75, 3.05) is 13.2 Å². The number of aromatic nitrogens is 2. The van der Waals surface area contributed by atoms with E-state index in [0.29, 0.717) is 24.6 Å². The molecule has 0 aliphatic heterocycles. The van der Waals surface area contributed by atoms with Gasteiger partial charge in [0.1, 0.15) is 11.6 Å². The molecule has 0 aliphatic rings. The van der Waals surface area contributed by atoms with Crippen LogP contribution in [-0.2, 0) is 17.8 Å². The first-order valence-corrected chi connectivity index (χ1v) is 11.9. The van der Waals surface area contributed by atoms with Gasteiger partial charge < -0.3 is 14.6 Å². The number of aryl methyl sites for hydroxylation is 1. The van der Waals surface area contributed by atoms with Gasteiger partial charge in [-0.05, 0) is 60.9 Å². The molecule has 0 saturated heterocycles. The van der Waals surface area contributed by atoms with Gasteiger partial charge in [-0.2, -0.15) is 0 Å². The van der Waals surface area contributed by atoms with Gasteiger partial charge in [-0.25, -0.2) is 4.98 Å². The molecule has 4 rings (SSSR count). The minimum Gasteiger partial charge on any atom is -0.494 e. The molecule has 5 nitrogen and oxygen atoms in total. The molecule has 1 N–H and O–H groups in total. The van der Waals surface area contributed by atoms with Gasteiger partial charge in [0, 0.05) is 30.6 Å². The van der Waals surface area contributed by atoms with Gasteiger partial charge in [-0.15, -0.1) is 0 Å². The lowest BCUT2D eigenvalue weighted by Gasteiger charge is -2.10. The van der Waals surface area contributed by atoms with Gasteiger partial charge >= 0.3 is 0 Å². The van der Waals surface area contributed by atoms with E-state index in [1.54, 1.807) is 6.08 Å². The largest absolute Gasteiger partial charge is 0.494 e. The fourth-order valence-electron chi connectivity index (χ4n) is 3.75. The molecule has 0 saturated carbocycles. The predicted octanol–water partition coefficient (Wildman–Crippen LogP) is 5.92. The van der Waals surface area contributed by atoms with E-state index in [2.05, 4.69) is 16.0 Å². The number of benzene rings is 3.